The molecule has 0 bridgehead atoms. The Hall–Kier alpha value is -1.89. The number of rotatable bonds is 3. The van der Waals surface area contributed by atoms with E-state index in [4.69, 9.17) is 11.6 Å². The Bertz CT molecular complexity index is 981. The lowest BCUT2D eigenvalue weighted by atomic mass is 9.90. The zero-order chi connectivity index (χ0) is 19.7. The van der Waals surface area contributed by atoms with E-state index in [0.717, 1.165) is 12.8 Å². The van der Waals surface area contributed by atoms with Gasteiger partial charge in [-0.15, -0.1) is 0 Å². The van der Waals surface area contributed by atoms with E-state index in [1.54, 1.807) is 17.0 Å². The fourth-order valence-corrected chi connectivity index (χ4v) is 5.48. The predicted molar refractivity (Wildman–Crippen MR) is 109 cm³/mol. The van der Waals surface area contributed by atoms with Crippen LogP contribution < -0.4 is 0 Å². The second-order valence-corrected chi connectivity index (χ2v) is 9.72. The Labute approximate surface area is 171 Å². The third-order valence-corrected chi connectivity index (χ3v) is 7.74. The summed E-state index contributed by atoms with van der Waals surface area (Å²) in [7, 11) is -3.57. The van der Waals surface area contributed by atoms with Crippen molar-refractivity contribution in [3.05, 3.63) is 64.2 Å². The molecule has 1 amide bonds. The molecule has 148 valence electrons. The second-order valence-electron chi connectivity index (χ2n) is 7.34. The summed E-state index contributed by atoms with van der Waals surface area (Å²) in [5.74, 6) is -0.0167. The van der Waals surface area contributed by atoms with Crippen molar-refractivity contribution < 1.29 is 13.2 Å². The van der Waals surface area contributed by atoms with Crippen molar-refractivity contribution in [1.29, 1.82) is 0 Å². The fourth-order valence-electron chi connectivity index (χ4n) is 3.94. The minimum absolute atomic E-state index is 0.0167. The van der Waals surface area contributed by atoms with E-state index >= 15 is 0 Å². The van der Waals surface area contributed by atoms with Gasteiger partial charge in [-0.25, -0.2) is 8.42 Å². The Morgan fingerprint density at radius 2 is 1.50 bits per heavy atom. The zero-order valence-corrected chi connectivity index (χ0v) is 17.2. The number of hydrogen-bond donors (Lipinski definition) is 0. The van der Waals surface area contributed by atoms with Crippen molar-refractivity contribution in [2.24, 2.45) is 0 Å². The SMILES string of the molecule is O=C(c1ccc2c(c1)CCCC2)N1CCN(S(=O)(=O)c2ccc(Cl)cc2)CC1. The largest absolute Gasteiger partial charge is 0.336 e. The lowest BCUT2D eigenvalue weighted by molar-refractivity contribution is 0.0697. The van der Waals surface area contributed by atoms with Gasteiger partial charge in [0.25, 0.3) is 5.91 Å². The van der Waals surface area contributed by atoms with Gasteiger partial charge in [-0.3, -0.25) is 4.79 Å². The number of nitrogens with zero attached hydrogens (tertiary/aromatic N) is 2. The first-order valence-electron chi connectivity index (χ1n) is 9.62. The maximum atomic E-state index is 12.9. The summed E-state index contributed by atoms with van der Waals surface area (Å²) in [5, 5.41) is 0.499. The van der Waals surface area contributed by atoms with Gasteiger partial charge in [-0.05, 0) is 73.2 Å². The number of halogens is 1. The molecule has 0 N–H and O–H groups in total. The number of fused-ring (bicyclic) bond motifs is 1. The Morgan fingerprint density at radius 3 is 2.18 bits per heavy atom. The maximum absolute atomic E-state index is 12.9. The molecule has 28 heavy (non-hydrogen) atoms. The van der Waals surface area contributed by atoms with E-state index in [2.05, 4.69) is 6.07 Å². The van der Waals surface area contributed by atoms with Gasteiger partial charge in [-0.1, -0.05) is 17.7 Å². The Balaban J connectivity index is 1.44. The number of benzene rings is 2. The number of carbonyl (C=O) groups excluding carboxylic acids is 1. The molecular weight excluding hydrogens is 396 g/mol. The highest BCUT2D eigenvalue weighted by Gasteiger charge is 2.30. The summed E-state index contributed by atoms with van der Waals surface area (Å²) in [6.45, 7) is 1.37. The van der Waals surface area contributed by atoms with Crippen molar-refractivity contribution >= 4 is 27.5 Å². The molecule has 1 aliphatic carbocycles. The van der Waals surface area contributed by atoms with Crippen LogP contribution in [0, 0.1) is 0 Å². The molecule has 1 saturated heterocycles. The first kappa shape index (κ1) is 19.4. The standard InChI is InChI=1S/C21H23ClN2O3S/c22-19-7-9-20(10-8-19)28(26,27)24-13-11-23(12-14-24)21(25)18-6-5-16-3-1-2-4-17(16)15-18/h5-10,15H,1-4,11-14H2. The number of carbonyl (C=O) groups is 1. The minimum atomic E-state index is -3.57. The molecular formula is C21H23ClN2O3S. The molecule has 1 heterocycles. The number of aryl methyl sites for hydroxylation is 2. The van der Waals surface area contributed by atoms with Gasteiger partial charge in [0.05, 0.1) is 4.90 Å². The number of sulfonamides is 1. The minimum Gasteiger partial charge on any atom is -0.336 e. The normalized spacial score (nSPS) is 18.0. The van der Waals surface area contributed by atoms with Crippen LogP contribution in [0.25, 0.3) is 0 Å². The summed E-state index contributed by atoms with van der Waals surface area (Å²) < 4.78 is 27.0. The van der Waals surface area contributed by atoms with Crippen LogP contribution in [-0.2, 0) is 22.9 Å². The quantitative estimate of drug-likeness (QED) is 0.767. The van der Waals surface area contributed by atoms with Gasteiger partial charge < -0.3 is 4.90 Å². The smallest absolute Gasteiger partial charge is 0.253 e. The second kappa shape index (κ2) is 7.85. The van der Waals surface area contributed by atoms with Crippen LogP contribution in [-0.4, -0.2) is 49.7 Å². The molecule has 2 aromatic carbocycles. The highest BCUT2D eigenvalue weighted by Crippen LogP contribution is 2.24. The van der Waals surface area contributed by atoms with Gasteiger partial charge in [0.15, 0.2) is 0 Å². The van der Waals surface area contributed by atoms with Crippen LogP contribution in [0.15, 0.2) is 47.4 Å². The highest BCUT2D eigenvalue weighted by atomic mass is 35.5. The average molecular weight is 419 g/mol. The molecule has 0 radical (unpaired) electrons. The number of amides is 1. The summed E-state index contributed by atoms with van der Waals surface area (Å²) in [4.78, 5) is 14.9. The van der Waals surface area contributed by atoms with Crippen LogP contribution in [0.4, 0.5) is 0 Å². The molecule has 1 aliphatic heterocycles. The van der Waals surface area contributed by atoms with E-state index in [9.17, 15) is 13.2 Å². The predicted octanol–water partition coefficient (Wildman–Crippen LogP) is 3.37. The summed E-state index contributed by atoms with van der Waals surface area (Å²) in [6.07, 6.45) is 4.50. The van der Waals surface area contributed by atoms with E-state index in [-0.39, 0.29) is 10.8 Å². The molecule has 4 rings (SSSR count). The third-order valence-electron chi connectivity index (χ3n) is 5.57. The van der Waals surface area contributed by atoms with Gasteiger partial charge in [0.1, 0.15) is 0 Å². The van der Waals surface area contributed by atoms with Gasteiger partial charge >= 0.3 is 0 Å². The van der Waals surface area contributed by atoms with E-state index in [1.807, 2.05) is 12.1 Å². The summed E-state index contributed by atoms with van der Waals surface area (Å²) >= 11 is 5.85. The number of hydrogen-bond acceptors (Lipinski definition) is 3. The number of piperazine rings is 1. The van der Waals surface area contributed by atoms with Crippen molar-refractivity contribution in [2.75, 3.05) is 26.2 Å². The molecule has 1 fully saturated rings. The highest BCUT2D eigenvalue weighted by molar-refractivity contribution is 7.89. The first-order valence-corrected chi connectivity index (χ1v) is 11.4. The molecule has 0 aromatic heterocycles. The molecule has 2 aromatic rings. The topological polar surface area (TPSA) is 57.7 Å². The maximum Gasteiger partial charge on any atom is 0.253 e. The molecule has 2 aliphatic rings. The van der Waals surface area contributed by atoms with Crippen LogP contribution in [0.5, 0.6) is 0 Å². The van der Waals surface area contributed by atoms with Gasteiger partial charge in [0.2, 0.25) is 10.0 Å². The van der Waals surface area contributed by atoms with Crippen LogP contribution in [0.3, 0.4) is 0 Å². The van der Waals surface area contributed by atoms with Crippen molar-refractivity contribution in [3.8, 4) is 0 Å². The first-order chi connectivity index (χ1) is 13.4. The lowest BCUT2D eigenvalue weighted by Crippen LogP contribution is -2.50. The van der Waals surface area contributed by atoms with E-state index in [0.29, 0.717) is 36.8 Å². The van der Waals surface area contributed by atoms with Crippen LogP contribution in [0.2, 0.25) is 5.02 Å². The monoisotopic (exact) mass is 418 g/mol. The Morgan fingerprint density at radius 1 is 0.857 bits per heavy atom. The summed E-state index contributed by atoms with van der Waals surface area (Å²) in [5.41, 5.74) is 3.33. The van der Waals surface area contributed by atoms with Gasteiger partial charge in [-0.2, -0.15) is 4.31 Å². The van der Waals surface area contributed by atoms with E-state index < -0.39 is 10.0 Å². The summed E-state index contributed by atoms with van der Waals surface area (Å²) in [6, 6.07) is 12.2. The van der Waals surface area contributed by atoms with E-state index in [1.165, 1.54) is 40.4 Å². The molecule has 0 unspecified atom stereocenters. The van der Waals surface area contributed by atoms with Crippen molar-refractivity contribution in [3.63, 3.8) is 0 Å². The van der Waals surface area contributed by atoms with Crippen LogP contribution >= 0.6 is 11.6 Å². The molecule has 0 spiro atoms. The molecule has 7 heteroatoms. The molecule has 0 saturated carbocycles. The Kier molecular flexibility index (Phi) is 5.45. The van der Waals surface area contributed by atoms with Crippen molar-refractivity contribution in [2.45, 2.75) is 30.6 Å². The molecule has 5 nitrogen and oxygen atoms in total. The fraction of sp³-hybridized carbons (Fsp3) is 0.381. The lowest BCUT2D eigenvalue weighted by Gasteiger charge is -2.34. The third kappa shape index (κ3) is 3.81. The zero-order valence-electron chi connectivity index (χ0n) is 15.6. The van der Waals surface area contributed by atoms with Crippen LogP contribution in [0.1, 0.15) is 34.3 Å². The van der Waals surface area contributed by atoms with Gasteiger partial charge in [0, 0.05) is 36.8 Å². The molecule has 0 atom stereocenters. The van der Waals surface area contributed by atoms with Crippen molar-refractivity contribution in [1.82, 2.24) is 9.21 Å². The average Bonchev–Trinajstić information content (AvgIpc) is 2.73.